The maximum atomic E-state index is 13.1. The number of halogens is 1. The summed E-state index contributed by atoms with van der Waals surface area (Å²) in [7, 11) is 0. The van der Waals surface area contributed by atoms with E-state index in [-0.39, 0.29) is 17.9 Å². The minimum absolute atomic E-state index is 0.0772. The minimum Gasteiger partial charge on any atom is -0.444 e. The summed E-state index contributed by atoms with van der Waals surface area (Å²) in [5, 5.41) is 3.33. The summed E-state index contributed by atoms with van der Waals surface area (Å²) >= 11 is 6.27. The van der Waals surface area contributed by atoms with Crippen molar-refractivity contribution in [3.63, 3.8) is 0 Å². The Morgan fingerprint density at radius 3 is 2.56 bits per heavy atom. The summed E-state index contributed by atoms with van der Waals surface area (Å²) in [4.78, 5) is 26.9. The third kappa shape index (κ3) is 6.11. The largest absolute Gasteiger partial charge is 0.444 e. The van der Waals surface area contributed by atoms with Gasteiger partial charge in [0.2, 0.25) is 5.91 Å². The maximum absolute atomic E-state index is 13.1. The molecule has 1 aliphatic rings. The van der Waals surface area contributed by atoms with E-state index in [0.717, 1.165) is 5.56 Å². The molecule has 2 atom stereocenters. The fourth-order valence-corrected chi connectivity index (χ4v) is 3.18. The second kappa shape index (κ2) is 8.93. The average molecular weight is 397 g/mol. The van der Waals surface area contributed by atoms with Crippen LogP contribution in [-0.4, -0.2) is 48.2 Å². The summed E-state index contributed by atoms with van der Waals surface area (Å²) in [5.74, 6) is -0.220. The first-order valence-corrected chi connectivity index (χ1v) is 9.60. The number of carbonyl (C=O) groups is 2. The fourth-order valence-electron chi connectivity index (χ4n) is 2.92. The van der Waals surface area contributed by atoms with Crippen LogP contribution in [0.4, 0.5) is 4.79 Å². The molecule has 1 heterocycles. The molecule has 1 aromatic rings. The van der Waals surface area contributed by atoms with Crippen molar-refractivity contribution in [3.05, 3.63) is 34.9 Å². The molecule has 6 nitrogen and oxygen atoms in total. The van der Waals surface area contributed by atoms with Crippen molar-refractivity contribution >= 4 is 23.6 Å². The van der Waals surface area contributed by atoms with E-state index in [9.17, 15) is 9.59 Å². The molecule has 27 heavy (non-hydrogen) atoms. The lowest BCUT2D eigenvalue weighted by atomic mass is 10.0. The summed E-state index contributed by atoms with van der Waals surface area (Å²) < 4.78 is 11.1. The third-order valence-electron chi connectivity index (χ3n) is 4.24. The Hall–Kier alpha value is -1.79. The monoisotopic (exact) mass is 396 g/mol. The molecule has 0 spiro atoms. The molecule has 2 rings (SSSR count). The maximum Gasteiger partial charge on any atom is 0.408 e. The number of nitrogens with zero attached hydrogens (tertiary/aromatic N) is 1. The Morgan fingerprint density at radius 2 is 1.96 bits per heavy atom. The third-order valence-corrected chi connectivity index (χ3v) is 4.58. The van der Waals surface area contributed by atoms with Gasteiger partial charge in [-0.15, -0.1) is 0 Å². The number of nitrogens with one attached hydrogen (secondary N) is 1. The molecule has 0 saturated carbocycles. The van der Waals surface area contributed by atoms with Crippen LogP contribution >= 0.6 is 11.6 Å². The fraction of sp³-hybridized carbons (Fsp3) is 0.600. The number of morpholine rings is 1. The van der Waals surface area contributed by atoms with Crippen LogP contribution < -0.4 is 5.32 Å². The van der Waals surface area contributed by atoms with E-state index in [0.29, 0.717) is 24.7 Å². The van der Waals surface area contributed by atoms with E-state index in [2.05, 4.69) is 5.32 Å². The number of ether oxygens (including phenoxy) is 2. The van der Waals surface area contributed by atoms with Crippen LogP contribution in [0.5, 0.6) is 0 Å². The lowest BCUT2D eigenvalue weighted by Gasteiger charge is -2.36. The number of amides is 2. The lowest BCUT2D eigenvalue weighted by Crippen LogP contribution is -2.54. The molecule has 2 unspecified atom stereocenters. The average Bonchev–Trinajstić information content (AvgIpc) is 2.58. The van der Waals surface area contributed by atoms with Crippen LogP contribution in [0.3, 0.4) is 0 Å². The topological polar surface area (TPSA) is 67.9 Å². The van der Waals surface area contributed by atoms with Crippen LogP contribution in [0.2, 0.25) is 5.02 Å². The van der Waals surface area contributed by atoms with Crippen molar-refractivity contribution in [3.8, 4) is 0 Å². The van der Waals surface area contributed by atoms with Gasteiger partial charge in [0.05, 0.1) is 13.2 Å². The molecule has 1 aromatic carbocycles. The standard InChI is InChI=1S/C20H29ClN2O4/c1-13(2)17(22-19(25)27-20(3,4)5)18(24)23-10-11-26-16(12-23)14-8-6-7-9-15(14)21/h6-9,13,16-17H,10-12H2,1-5H3,(H,22,25). The number of benzene rings is 1. The Morgan fingerprint density at radius 1 is 1.30 bits per heavy atom. The highest BCUT2D eigenvalue weighted by Gasteiger charge is 2.34. The van der Waals surface area contributed by atoms with Gasteiger partial charge in [-0.05, 0) is 32.8 Å². The zero-order chi connectivity index (χ0) is 20.2. The number of hydrogen-bond donors (Lipinski definition) is 1. The summed E-state index contributed by atoms with van der Waals surface area (Å²) in [6.45, 7) is 10.4. The van der Waals surface area contributed by atoms with Crippen molar-refractivity contribution in [1.82, 2.24) is 10.2 Å². The number of hydrogen-bond acceptors (Lipinski definition) is 4. The van der Waals surface area contributed by atoms with E-state index in [4.69, 9.17) is 21.1 Å². The molecule has 1 fully saturated rings. The van der Waals surface area contributed by atoms with Gasteiger partial charge in [-0.25, -0.2) is 4.79 Å². The highest BCUT2D eigenvalue weighted by molar-refractivity contribution is 6.31. The van der Waals surface area contributed by atoms with Crippen LogP contribution in [0, 0.1) is 5.92 Å². The number of rotatable bonds is 4. The van der Waals surface area contributed by atoms with Gasteiger partial charge in [0.15, 0.2) is 0 Å². The minimum atomic E-state index is -0.662. The highest BCUT2D eigenvalue weighted by Crippen LogP contribution is 2.28. The smallest absolute Gasteiger partial charge is 0.408 e. The Bertz CT molecular complexity index is 672. The molecule has 1 N–H and O–H groups in total. The predicted octanol–water partition coefficient (Wildman–Crippen LogP) is 3.79. The van der Waals surface area contributed by atoms with Crippen LogP contribution in [-0.2, 0) is 14.3 Å². The van der Waals surface area contributed by atoms with Crippen LogP contribution in [0.15, 0.2) is 24.3 Å². The van der Waals surface area contributed by atoms with Gasteiger partial charge < -0.3 is 19.7 Å². The molecular weight excluding hydrogens is 368 g/mol. The van der Waals surface area contributed by atoms with Gasteiger partial charge >= 0.3 is 6.09 Å². The first kappa shape index (κ1) is 21.5. The van der Waals surface area contributed by atoms with Crippen LogP contribution in [0.25, 0.3) is 0 Å². The van der Waals surface area contributed by atoms with Gasteiger partial charge in [0.25, 0.3) is 0 Å². The molecule has 0 aliphatic carbocycles. The van der Waals surface area contributed by atoms with E-state index >= 15 is 0 Å². The molecule has 0 radical (unpaired) electrons. The van der Waals surface area contributed by atoms with Crippen molar-refractivity contribution in [1.29, 1.82) is 0 Å². The molecule has 7 heteroatoms. The summed E-state index contributed by atoms with van der Waals surface area (Å²) in [5.41, 5.74) is 0.237. The Balaban J connectivity index is 2.08. The van der Waals surface area contributed by atoms with Crippen molar-refractivity contribution in [2.24, 2.45) is 5.92 Å². The second-order valence-electron chi connectivity index (χ2n) is 8.03. The zero-order valence-corrected chi connectivity index (χ0v) is 17.4. The highest BCUT2D eigenvalue weighted by atomic mass is 35.5. The lowest BCUT2D eigenvalue weighted by molar-refractivity contribution is -0.142. The van der Waals surface area contributed by atoms with E-state index < -0.39 is 17.7 Å². The molecule has 150 valence electrons. The van der Waals surface area contributed by atoms with E-state index in [1.807, 2.05) is 38.1 Å². The van der Waals surface area contributed by atoms with Crippen molar-refractivity contribution < 1.29 is 19.1 Å². The van der Waals surface area contributed by atoms with Gasteiger partial charge in [0, 0.05) is 17.1 Å². The first-order valence-electron chi connectivity index (χ1n) is 9.23. The second-order valence-corrected chi connectivity index (χ2v) is 8.44. The van der Waals surface area contributed by atoms with E-state index in [1.54, 1.807) is 25.7 Å². The number of alkyl carbamates (subject to hydrolysis) is 1. The van der Waals surface area contributed by atoms with Crippen LogP contribution in [0.1, 0.15) is 46.3 Å². The van der Waals surface area contributed by atoms with Gasteiger partial charge in [-0.1, -0.05) is 43.6 Å². The molecule has 2 amide bonds. The zero-order valence-electron chi connectivity index (χ0n) is 16.6. The normalized spacial score (nSPS) is 18.9. The van der Waals surface area contributed by atoms with Gasteiger partial charge in [-0.3, -0.25) is 4.79 Å². The van der Waals surface area contributed by atoms with Gasteiger partial charge in [-0.2, -0.15) is 0 Å². The Labute approximate surface area is 166 Å². The molecule has 0 aromatic heterocycles. The van der Waals surface area contributed by atoms with Crippen molar-refractivity contribution in [2.75, 3.05) is 19.7 Å². The predicted molar refractivity (Wildman–Crippen MR) is 105 cm³/mol. The van der Waals surface area contributed by atoms with E-state index in [1.165, 1.54) is 0 Å². The Kier molecular flexibility index (Phi) is 7.12. The number of carbonyl (C=O) groups excluding carboxylic acids is 2. The molecule has 1 saturated heterocycles. The molecular formula is C20H29ClN2O4. The summed E-state index contributed by atoms with van der Waals surface area (Å²) in [6, 6.07) is 6.80. The SMILES string of the molecule is CC(C)C(NC(=O)OC(C)(C)C)C(=O)N1CCOC(c2ccccc2Cl)C1. The molecule has 0 bridgehead atoms. The molecule has 1 aliphatic heterocycles. The van der Waals surface area contributed by atoms with Crippen molar-refractivity contribution in [2.45, 2.75) is 52.4 Å². The first-order chi connectivity index (χ1) is 12.6. The summed E-state index contributed by atoms with van der Waals surface area (Å²) in [6.07, 6.45) is -0.879. The quantitative estimate of drug-likeness (QED) is 0.840. The van der Waals surface area contributed by atoms with Gasteiger partial charge in [0.1, 0.15) is 17.7 Å².